The summed E-state index contributed by atoms with van der Waals surface area (Å²) in [7, 11) is 1.67. The van der Waals surface area contributed by atoms with Gasteiger partial charge >= 0.3 is 0 Å². The molecule has 6 nitrogen and oxygen atoms in total. The maximum atomic E-state index is 9.06. The zero-order chi connectivity index (χ0) is 13.7. The van der Waals surface area contributed by atoms with Crippen LogP contribution in [0.2, 0.25) is 0 Å². The fraction of sp³-hybridized carbons (Fsp3) is 0.462. The molecule has 104 valence electrons. The van der Waals surface area contributed by atoms with E-state index in [1.807, 2.05) is 18.2 Å². The minimum absolute atomic E-state index is 0.122. The highest BCUT2D eigenvalue weighted by Gasteiger charge is 2.09. The monoisotopic (exact) mass is 264 g/mol. The number of benzene rings is 1. The highest BCUT2D eigenvalue weighted by molar-refractivity contribution is 5.78. The number of nitrogens with zero attached hydrogens (tertiary/aromatic N) is 2. The number of anilines is 1. The third-order valence-corrected chi connectivity index (χ3v) is 2.96. The lowest BCUT2D eigenvalue weighted by atomic mass is 10.3. The largest absolute Gasteiger partial charge is 0.399 e. The number of aromatic nitrogens is 2. The van der Waals surface area contributed by atoms with E-state index in [-0.39, 0.29) is 6.61 Å². The minimum Gasteiger partial charge on any atom is -0.399 e. The van der Waals surface area contributed by atoms with Gasteiger partial charge in [0.25, 0.3) is 0 Å². The molecule has 19 heavy (non-hydrogen) atoms. The summed E-state index contributed by atoms with van der Waals surface area (Å²) in [6.45, 7) is 2.77. The lowest BCUT2D eigenvalue weighted by molar-refractivity contribution is 0.125. The smallest absolute Gasteiger partial charge is 0.121 e. The van der Waals surface area contributed by atoms with E-state index < -0.39 is 0 Å². The Hall–Kier alpha value is -1.63. The van der Waals surface area contributed by atoms with Crippen molar-refractivity contribution in [2.45, 2.75) is 6.54 Å². The molecule has 0 aliphatic rings. The molecule has 0 atom stereocenters. The van der Waals surface area contributed by atoms with Crippen molar-refractivity contribution in [1.29, 1.82) is 0 Å². The van der Waals surface area contributed by atoms with E-state index in [1.54, 1.807) is 7.11 Å². The van der Waals surface area contributed by atoms with Crippen LogP contribution in [-0.4, -0.2) is 53.4 Å². The van der Waals surface area contributed by atoms with E-state index >= 15 is 0 Å². The standard InChI is InChI=1S/C13H20N4O2/c1-19-7-5-17(4-6-18)9-13-15-11-3-2-10(14)8-12(11)16-13/h2-3,8,18H,4-7,9,14H2,1H3,(H,15,16). The Kier molecular flexibility index (Phi) is 4.73. The van der Waals surface area contributed by atoms with Crippen molar-refractivity contribution in [3.05, 3.63) is 24.0 Å². The third-order valence-electron chi connectivity index (χ3n) is 2.96. The normalized spacial score (nSPS) is 11.5. The molecule has 4 N–H and O–H groups in total. The number of hydrogen-bond donors (Lipinski definition) is 3. The molecule has 0 saturated carbocycles. The van der Waals surface area contributed by atoms with Gasteiger partial charge in [-0.15, -0.1) is 0 Å². The highest BCUT2D eigenvalue weighted by atomic mass is 16.5. The van der Waals surface area contributed by atoms with Gasteiger partial charge in [0.05, 0.1) is 30.8 Å². The Morgan fingerprint density at radius 1 is 1.42 bits per heavy atom. The molecule has 1 aromatic carbocycles. The molecule has 2 aromatic rings. The molecular weight excluding hydrogens is 244 g/mol. The highest BCUT2D eigenvalue weighted by Crippen LogP contribution is 2.15. The average Bonchev–Trinajstić information content (AvgIpc) is 2.77. The lowest BCUT2D eigenvalue weighted by Gasteiger charge is -2.19. The predicted octanol–water partition coefficient (Wildman–Crippen LogP) is 0.586. The van der Waals surface area contributed by atoms with Crippen molar-refractivity contribution in [2.75, 3.05) is 39.1 Å². The third kappa shape index (κ3) is 3.66. The second-order valence-electron chi connectivity index (χ2n) is 4.45. The number of nitrogen functional groups attached to an aromatic ring is 1. The van der Waals surface area contributed by atoms with Crippen LogP contribution < -0.4 is 5.73 Å². The van der Waals surface area contributed by atoms with Crippen molar-refractivity contribution >= 4 is 16.7 Å². The van der Waals surface area contributed by atoms with Crippen molar-refractivity contribution in [3.8, 4) is 0 Å². The molecule has 1 aromatic heterocycles. The molecule has 0 unspecified atom stereocenters. The summed E-state index contributed by atoms with van der Waals surface area (Å²) in [5.74, 6) is 0.866. The molecule has 0 aliphatic heterocycles. The Balaban J connectivity index is 2.09. The van der Waals surface area contributed by atoms with Crippen LogP contribution in [0.3, 0.4) is 0 Å². The number of ether oxygens (including phenoxy) is 1. The van der Waals surface area contributed by atoms with Gasteiger partial charge in [0.1, 0.15) is 5.82 Å². The van der Waals surface area contributed by atoms with Crippen LogP contribution in [0.1, 0.15) is 5.82 Å². The van der Waals surface area contributed by atoms with Crippen molar-refractivity contribution in [3.63, 3.8) is 0 Å². The van der Waals surface area contributed by atoms with Crippen LogP contribution in [0.15, 0.2) is 18.2 Å². The molecule has 0 aliphatic carbocycles. The number of methoxy groups -OCH3 is 1. The van der Waals surface area contributed by atoms with Crippen LogP contribution >= 0.6 is 0 Å². The summed E-state index contributed by atoms with van der Waals surface area (Å²) in [6.07, 6.45) is 0. The molecule has 0 saturated heterocycles. The fourth-order valence-electron chi connectivity index (χ4n) is 2.00. The Bertz CT molecular complexity index is 526. The summed E-state index contributed by atoms with van der Waals surface area (Å²) in [5.41, 5.74) is 8.30. The van der Waals surface area contributed by atoms with E-state index in [0.717, 1.165) is 23.4 Å². The Labute approximate surface area is 112 Å². The summed E-state index contributed by atoms with van der Waals surface area (Å²) in [6, 6.07) is 5.61. The summed E-state index contributed by atoms with van der Waals surface area (Å²) >= 11 is 0. The maximum absolute atomic E-state index is 9.06. The Morgan fingerprint density at radius 2 is 2.26 bits per heavy atom. The first-order valence-electron chi connectivity index (χ1n) is 6.29. The van der Waals surface area contributed by atoms with Gasteiger partial charge in [-0.2, -0.15) is 0 Å². The molecule has 2 rings (SSSR count). The van der Waals surface area contributed by atoms with Crippen LogP contribution in [-0.2, 0) is 11.3 Å². The fourth-order valence-corrected chi connectivity index (χ4v) is 2.00. The van der Waals surface area contributed by atoms with E-state index in [4.69, 9.17) is 15.6 Å². The van der Waals surface area contributed by atoms with Gasteiger partial charge in [-0.25, -0.2) is 4.98 Å². The molecule has 0 bridgehead atoms. The maximum Gasteiger partial charge on any atom is 0.121 e. The summed E-state index contributed by atoms with van der Waals surface area (Å²) in [4.78, 5) is 9.84. The molecule has 0 radical (unpaired) electrons. The molecule has 1 heterocycles. The van der Waals surface area contributed by atoms with Crippen LogP contribution in [0.4, 0.5) is 5.69 Å². The Morgan fingerprint density at radius 3 is 3.00 bits per heavy atom. The SMILES string of the molecule is COCCN(CCO)Cc1nc2ccc(N)cc2[nH]1. The van der Waals surface area contributed by atoms with Gasteiger partial charge in [-0.1, -0.05) is 0 Å². The number of H-pyrrole nitrogens is 1. The number of aliphatic hydroxyl groups excluding tert-OH is 1. The first kappa shape index (κ1) is 13.8. The van der Waals surface area contributed by atoms with Gasteiger partial charge < -0.3 is 20.6 Å². The number of nitrogens with one attached hydrogen (secondary N) is 1. The van der Waals surface area contributed by atoms with Gasteiger partial charge in [0, 0.05) is 25.9 Å². The number of imidazole rings is 1. The average molecular weight is 264 g/mol. The predicted molar refractivity (Wildman–Crippen MR) is 74.7 cm³/mol. The molecular formula is C13H20N4O2. The zero-order valence-corrected chi connectivity index (χ0v) is 11.1. The number of hydrogen-bond acceptors (Lipinski definition) is 5. The molecule has 0 fully saturated rings. The van der Waals surface area contributed by atoms with E-state index in [1.165, 1.54) is 0 Å². The quantitative estimate of drug-likeness (QED) is 0.637. The van der Waals surface area contributed by atoms with Crippen LogP contribution in [0.25, 0.3) is 11.0 Å². The first-order valence-corrected chi connectivity index (χ1v) is 6.29. The van der Waals surface area contributed by atoms with Gasteiger partial charge in [-0.05, 0) is 18.2 Å². The molecule has 0 spiro atoms. The van der Waals surface area contributed by atoms with Crippen molar-refractivity contribution in [1.82, 2.24) is 14.9 Å². The van der Waals surface area contributed by atoms with Crippen molar-refractivity contribution < 1.29 is 9.84 Å². The number of nitrogens with two attached hydrogens (primary N) is 1. The number of aliphatic hydroxyl groups is 1. The molecule has 6 heteroatoms. The topological polar surface area (TPSA) is 87.4 Å². The van der Waals surface area contributed by atoms with E-state index in [2.05, 4.69) is 14.9 Å². The minimum atomic E-state index is 0.122. The van der Waals surface area contributed by atoms with Crippen LogP contribution in [0, 0.1) is 0 Å². The number of aromatic amines is 1. The summed E-state index contributed by atoms with van der Waals surface area (Å²) < 4.78 is 5.06. The van der Waals surface area contributed by atoms with E-state index in [0.29, 0.717) is 25.4 Å². The van der Waals surface area contributed by atoms with Crippen molar-refractivity contribution in [2.24, 2.45) is 0 Å². The number of fused-ring (bicyclic) bond motifs is 1. The second-order valence-corrected chi connectivity index (χ2v) is 4.45. The zero-order valence-electron chi connectivity index (χ0n) is 11.1. The van der Waals surface area contributed by atoms with Gasteiger partial charge in [0.2, 0.25) is 0 Å². The second kappa shape index (κ2) is 6.51. The van der Waals surface area contributed by atoms with Crippen LogP contribution in [0.5, 0.6) is 0 Å². The van der Waals surface area contributed by atoms with E-state index in [9.17, 15) is 0 Å². The van der Waals surface area contributed by atoms with Gasteiger partial charge in [-0.3, -0.25) is 4.90 Å². The number of rotatable bonds is 7. The summed E-state index contributed by atoms with van der Waals surface area (Å²) in [5, 5.41) is 9.06. The van der Waals surface area contributed by atoms with Gasteiger partial charge in [0.15, 0.2) is 0 Å². The molecule has 0 amide bonds. The first-order chi connectivity index (χ1) is 9.22. The lowest BCUT2D eigenvalue weighted by Crippen LogP contribution is -2.30.